The molecule has 4 rings (SSSR count). The molecule has 226 valence electrons. The van der Waals surface area contributed by atoms with Crippen LogP contribution in [-0.4, -0.2) is 34.9 Å². The molecule has 0 radical (unpaired) electrons. The van der Waals surface area contributed by atoms with Crippen LogP contribution in [0.4, 0.5) is 18.3 Å². The number of aliphatic carboxylic acids is 1. The maximum atomic E-state index is 12.7. The van der Waals surface area contributed by atoms with Crippen LogP contribution in [0, 0.1) is 11.3 Å². The summed E-state index contributed by atoms with van der Waals surface area (Å²) in [5.74, 6) is -0.625. The van der Waals surface area contributed by atoms with E-state index in [0.29, 0.717) is 29.1 Å². The lowest BCUT2D eigenvalue weighted by atomic mass is 9.69. The predicted molar refractivity (Wildman–Crippen MR) is 157 cm³/mol. The van der Waals surface area contributed by atoms with Gasteiger partial charge >= 0.3 is 12.3 Å². The van der Waals surface area contributed by atoms with Crippen molar-refractivity contribution in [1.29, 1.82) is 0 Å². The summed E-state index contributed by atoms with van der Waals surface area (Å²) in [5, 5.41) is 15.4. The summed E-state index contributed by atoms with van der Waals surface area (Å²) in [7, 11) is 0. The van der Waals surface area contributed by atoms with Gasteiger partial charge in [0.05, 0.1) is 12.1 Å². The van der Waals surface area contributed by atoms with Crippen molar-refractivity contribution < 1.29 is 32.6 Å². The largest absolute Gasteiger partial charge is 0.573 e. The average Bonchev–Trinajstić information content (AvgIpc) is 3.35. The Kier molecular flexibility index (Phi) is 9.81. The quantitative estimate of drug-likeness (QED) is 0.218. The molecule has 42 heavy (non-hydrogen) atoms. The number of alkyl halides is 3. The lowest BCUT2D eigenvalue weighted by Gasteiger charge is -2.36. The number of thiazole rings is 1. The lowest BCUT2D eigenvalue weighted by Crippen LogP contribution is -2.25. The molecule has 1 aliphatic rings. The first-order chi connectivity index (χ1) is 19.8. The third-order valence-electron chi connectivity index (χ3n) is 7.62. The zero-order valence-electron chi connectivity index (χ0n) is 23.9. The summed E-state index contributed by atoms with van der Waals surface area (Å²) in [6.45, 7) is 7.36. The first-order valence-corrected chi connectivity index (χ1v) is 14.8. The van der Waals surface area contributed by atoms with Gasteiger partial charge in [-0.15, -0.1) is 24.5 Å². The van der Waals surface area contributed by atoms with Crippen molar-refractivity contribution in [3.05, 3.63) is 64.5 Å². The van der Waals surface area contributed by atoms with Gasteiger partial charge in [-0.3, -0.25) is 9.59 Å². The van der Waals surface area contributed by atoms with Crippen molar-refractivity contribution in [3.63, 3.8) is 0 Å². The number of nitrogens with one attached hydrogen (secondary N) is 2. The van der Waals surface area contributed by atoms with E-state index in [0.717, 1.165) is 47.4 Å². The molecule has 1 amide bonds. The van der Waals surface area contributed by atoms with Gasteiger partial charge in [0.25, 0.3) is 5.91 Å². The summed E-state index contributed by atoms with van der Waals surface area (Å²) >= 11 is 1.58. The Morgan fingerprint density at radius 1 is 1.00 bits per heavy atom. The highest BCUT2D eigenvalue weighted by atomic mass is 32.1. The second-order valence-electron chi connectivity index (χ2n) is 11.7. The molecule has 1 aliphatic carbocycles. The van der Waals surface area contributed by atoms with Gasteiger partial charge in [-0.1, -0.05) is 32.9 Å². The molecular weight excluding hydrogens is 567 g/mol. The number of amides is 1. The van der Waals surface area contributed by atoms with Crippen molar-refractivity contribution >= 4 is 28.3 Å². The Labute approximate surface area is 247 Å². The number of aromatic nitrogens is 1. The monoisotopic (exact) mass is 603 g/mol. The normalized spacial score (nSPS) is 17.5. The fourth-order valence-electron chi connectivity index (χ4n) is 5.26. The third-order valence-corrected chi connectivity index (χ3v) is 8.80. The molecule has 1 fully saturated rings. The maximum absolute atomic E-state index is 12.7. The molecule has 1 heterocycles. The van der Waals surface area contributed by atoms with E-state index in [4.69, 9.17) is 10.1 Å². The van der Waals surface area contributed by atoms with Crippen LogP contribution in [0.5, 0.6) is 5.75 Å². The van der Waals surface area contributed by atoms with E-state index < -0.39 is 12.3 Å². The standard InChI is InChI=1S/C31H36F3N3O4S/c1-30(2,3)23-12-8-21(9-13-23)27-26(20-10-14-24(15-11-20)41-31(32,33)34)37-29(42-27)36-18-19-4-6-22(7-5-19)28(40)35-17-16-25(38)39/h4-7,10-11,14-15,21,23H,8-9,12-13,16-18H2,1-3H3,(H,35,40)(H,36,37)(H,38,39). The highest BCUT2D eigenvalue weighted by molar-refractivity contribution is 7.16. The van der Waals surface area contributed by atoms with Gasteiger partial charge in [-0.05, 0) is 84.9 Å². The minimum atomic E-state index is -4.75. The van der Waals surface area contributed by atoms with Gasteiger partial charge in [0.15, 0.2) is 5.13 Å². The van der Waals surface area contributed by atoms with E-state index in [9.17, 15) is 22.8 Å². The van der Waals surface area contributed by atoms with E-state index in [1.54, 1.807) is 35.6 Å². The number of hydrogen-bond acceptors (Lipinski definition) is 6. The van der Waals surface area contributed by atoms with Crippen molar-refractivity contribution in [2.45, 2.75) is 71.7 Å². The van der Waals surface area contributed by atoms with Crippen LogP contribution in [0.15, 0.2) is 48.5 Å². The van der Waals surface area contributed by atoms with Gasteiger partial charge in [0.2, 0.25) is 0 Å². The van der Waals surface area contributed by atoms with Crippen molar-refractivity contribution in [1.82, 2.24) is 10.3 Å². The Morgan fingerprint density at radius 3 is 2.21 bits per heavy atom. The van der Waals surface area contributed by atoms with Crippen LogP contribution in [0.2, 0.25) is 0 Å². The number of hydrogen-bond donors (Lipinski definition) is 3. The minimum absolute atomic E-state index is 0.0577. The number of nitrogens with zero attached hydrogens (tertiary/aromatic N) is 1. The van der Waals surface area contributed by atoms with Crippen LogP contribution in [0.3, 0.4) is 0 Å². The van der Waals surface area contributed by atoms with Gasteiger partial charge in [0, 0.05) is 29.1 Å². The molecular formula is C31H36F3N3O4S. The second-order valence-corrected chi connectivity index (χ2v) is 12.7. The summed E-state index contributed by atoms with van der Waals surface area (Å²) < 4.78 is 42.1. The molecule has 0 saturated heterocycles. The van der Waals surface area contributed by atoms with Gasteiger partial charge in [0.1, 0.15) is 5.75 Å². The Hall–Kier alpha value is -3.60. The first-order valence-electron chi connectivity index (χ1n) is 14.0. The number of ether oxygens (including phenoxy) is 1. The average molecular weight is 604 g/mol. The van der Waals surface area contributed by atoms with Crippen LogP contribution in [0.1, 0.15) is 79.6 Å². The molecule has 0 unspecified atom stereocenters. The van der Waals surface area contributed by atoms with Crippen LogP contribution < -0.4 is 15.4 Å². The number of rotatable bonds is 10. The summed E-state index contributed by atoms with van der Waals surface area (Å²) in [5.41, 5.74) is 3.12. The van der Waals surface area contributed by atoms with Crippen molar-refractivity contribution in [2.24, 2.45) is 11.3 Å². The molecule has 2 aromatic carbocycles. The van der Waals surface area contributed by atoms with E-state index in [1.807, 2.05) is 12.1 Å². The van der Waals surface area contributed by atoms with Crippen molar-refractivity contribution in [3.8, 4) is 17.0 Å². The lowest BCUT2D eigenvalue weighted by molar-refractivity contribution is -0.274. The molecule has 0 bridgehead atoms. The van der Waals surface area contributed by atoms with Crippen LogP contribution >= 0.6 is 11.3 Å². The smallest absolute Gasteiger partial charge is 0.481 e. The number of anilines is 1. The Morgan fingerprint density at radius 2 is 1.64 bits per heavy atom. The van der Waals surface area contributed by atoms with E-state index >= 15 is 0 Å². The number of halogens is 3. The zero-order valence-corrected chi connectivity index (χ0v) is 24.7. The number of carbonyl (C=O) groups excluding carboxylic acids is 1. The number of carboxylic acids is 1. The molecule has 0 spiro atoms. The summed E-state index contributed by atoms with van der Waals surface area (Å²) in [4.78, 5) is 28.9. The SMILES string of the molecule is CC(C)(C)C1CCC(c2sc(NCc3ccc(C(=O)NCCC(=O)O)cc3)nc2-c2ccc(OC(F)(F)F)cc2)CC1. The topological polar surface area (TPSA) is 101 Å². The molecule has 11 heteroatoms. The predicted octanol–water partition coefficient (Wildman–Crippen LogP) is 7.85. The Bertz CT molecular complexity index is 1360. The Balaban J connectivity index is 1.49. The van der Waals surface area contributed by atoms with Gasteiger partial charge < -0.3 is 20.5 Å². The molecule has 0 aliphatic heterocycles. The molecule has 1 saturated carbocycles. The van der Waals surface area contributed by atoms with Crippen LogP contribution in [-0.2, 0) is 11.3 Å². The van der Waals surface area contributed by atoms with E-state index in [-0.39, 0.29) is 30.0 Å². The number of benzene rings is 2. The zero-order chi connectivity index (χ0) is 30.5. The second kappa shape index (κ2) is 13.1. The molecule has 7 nitrogen and oxygen atoms in total. The molecule has 0 atom stereocenters. The molecule has 3 aromatic rings. The van der Waals surface area contributed by atoms with E-state index in [2.05, 4.69) is 36.1 Å². The third kappa shape index (κ3) is 8.70. The number of carboxylic acid groups (broad SMARTS) is 1. The fraction of sp³-hybridized carbons (Fsp3) is 0.452. The molecule has 1 aromatic heterocycles. The van der Waals surface area contributed by atoms with Crippen molar-refractivity contribution in [2.75, 3.05) is 11.9 Å². The van der Waals surface area contributed by atoms with Crippen LogP contribution in [0.25, 0.3) is 11.3 Å². The highest BCUT2D eigenvalue weighted by Gasteiger charge is 2.33. The highest BCUT2D eigenvalue weighted by Crippen LogP contribution is 2.47. The minimum Gasteiger partial charge on any atom is -0.481 e. The van der Waals surface area contributed by atoms with Gasteiger partial charge in [-0.25, -0.2) is 4.98 Å². The molecule has 3 N–H and O–H groups in total. The fourth-order valence-corrected chi connectivity index (χ4v) is 6.42. The summed E-state index contributed by atoms with van der Waals surface area (Å²) in [6.07, 6.45) is -0.608. The first kappa shape index (κ1) is 31.3. The number of carbonyl (C=O) groups is 2. The van der Waals surface area contributed by atoms with E-state index in [1.165, 1.54) is 12.1 Å². The summed E-state index contributed by atoms with van der Waals surface area (Å²) in [6, 6.07) is 12.9. The van der Waals surface area contributed by atoms with Gasteiger partial charge in [-0.2, -0.15) is 0 Å². The maximum Gasteiger partial charge on any atom is 0.573 e.